The second-order valence-electron chi connectivity index (χ2n) is 5.37. The molecule has 1 amide bonds. The molecule has 0 spiro atoms. The van der Waals surface area contributed by atoms with Crippen molar-refractivity contribution in [2.45, 2.75) is 13.8 Å². The molecule has 0 unspecified atom stereocenters. The van der Waals surface area contributed by atoms with E-state index in [4.69, 9.17) is 16.3 Å². The molecule has 0 aliphatic heterocycles. The standard InChI is InChI=1S/C17H16ClN3O4/c1-11-5-12(2)7-14(6-11)25-10-17(22)20-19-9-13-3-4-15(18)16(8-13)21(23)24/h3-9H,10H2,1-2H3,(H,20,22)/b19-9+. The summed E-state index contributed by atoms with van der Waals surface area (Å²) in [6, 6.07) is 9.88. The van der Waals surface area contributed by atoms with Gasteiger partial charge in [0, 0.05) is 11.6 Å². The van der Waals surface area contributed by atoms with Gasteiger partial charge in [-0.15, -0.1) is 0 Å². The minimum absolute atomic E-state index is 0.0352. The highest BCUT2D eigenvalue weighted by atomic mass is 35.5. The minimum Gasteiger partial charge on any atom is -0.484 e. The summed E-state index contributed by atoms with van der Waals surface area (Å²) in [5, 5.41) is 14.6. The third-order valence-electron chi connectivity index (χ3n) is 3.13. The number of halogens is 1. The Hall–Kier alpha value is -2.93. The topological polar surface area (TPSA) is 93.8 Å². The van der Waals surface area contributed by atoms with E-state index in [-0.39, 0.29) is 17.3 Å². The number of carbonyl (C=O) groups is 1. The van der Waals surface area contributed by atoms with Crippen molar-refractivity contribution in [1.29, 1.82) is 0 Å². The first kappa shape index (κ1) is 18.4. The summed E-state index contributed by atoms with van der Waals surface area (Å²) in [6.07, 6.45) is 1.29. The number of rotatable bonds is 6. The molecule has 0 saturated heterocycles. The van der Waals surface area contributed by atoms with E-state index in [0.29, 0.717) is 11.3 Å². The maximum absolute atomic E-state index is 11.7. The molecule has 2 aromatic carbocycles. The molecule has 2 aromatic rings. The highest BCUT2D eigenvalue weighted by Crippen LogP contribution is 2.24. The smallest absolute Gasteiger partial charge is 0.288 e. The van der Waals surface area contributed by atoms with Gasteiger partial charge in [0.05, 0.1) is 11.1 Å². The Morgan fingerprint density at radius 2 is 1.96 bits per heavy atom. The van der Waals surface area contributed by atoms with Crippen LogP contribution in [0.3, 0.4) is 0 Å². The van der Waals surface area contributed by atoms with Crippen LogP contribution in [-0.2, 0) is 4.79 Å². The van der Waals surface area contributed by atoms with Crippen LogP contribution in [0, 0.1) is 24.0 Å². The van der Waals surface area contributed by atoms with E-state index in [9.17, 15) is 14.9 Å². The zero-order valence-electron chi connectivity index (χ0n) is 13.7. The maximum Gasteiger partial charge on any atom is 0.288 e. The fraction of sp³-hybridized carbons (Fsp3) is 0.176. The van der Waals surface area contributed by atoms with Crippen molar-refractivity contribution in [2.24, 2.45) is 5.10 Å². The van der Waals surface area contributed by atoms with Gasteiger partial charge in [0.25, 0.3) is 11.6 Å². The van der Waals surface area contributed by atoms with Crippen LogP contribution in [0.5, 0.6) is 5.75 Å². The summed E-state index contributed by atoms with van der Waals surface area (Å²) in [6.45, 7) is 3.69. The fourth-order valence-corrected chi connectivity index (χ4v) is 2.31. The lowest BCUT2D eigenvalue weighted by molar-refractivity contribution is -0.384. The summed E-state index contributed by atoms with van der Waals surface area (Å²) in [5.41, 5.74) is 4.59. The highest BCUT2D eigenvalue weighted by Gasteiger charge is 2.11. The molecule has 7 nitrogen and oxygen atoms in total. The molecular weight excluding hydrogens is 346 g/mol. The maximum atomic E-state index is 11.7. The predicted octanol–water partition coefficient (Wildman–Crippen LogP) is 3.39. The summed E-state index contributed by atoms with van der Waals surface area (Å²) in [4.78, 5) is 22.0. The number of nitro groups is 1. The molecule has 0 heterocycles. The van der Waals surface area contributed by atoms with E-state index in [2.05, 4.69) is 10.5 Å². The van der Waals surface area contributed by atoms with E-state index >= 15 is 0 Å². The van der Waals surface area contributed by atoms with Crippen molar-refractivity contribution in [3.63, 3.8) is 0 Å². The molecule has 0 aromatic heterocycles. The van der Waals surface area contributed by atoms with Gasteiger partial charge in [-0.2, -0.15) is 5.10 Å². The molecule has 0 fully saturated rings. The van der Waals surface area contributed by atoms with Crippen LogP contribution in [-0.4, -0.2) is 23.7 Å². The highest BCUT2D eigenvalue weighted by molar-refractivity contribution is 6.32. The zero-order valence-corrected chi connectivity index (χ0v) is 14.4. The summed E-state index contributed by atoms with van der Waals surface area (Å²) in [5.74, 6) is 0.156. The molecule has 130 valence electrons. The van der Waals surface area contributed by atoms with Gasteiger partial charge in [-0.1, -0.05) is 23.7 Å². The fourth-order valence-electron chi connectivity index (χ4n) is 2.13. The Bertz CT molecular complexity index is 816. The molecule has 0 aliphatic rings. The lowest BCUT2D eigenvalue weighted by atomic mass is 10.1. The average molecular weight is 362 g/mol. The number of aryl methyl sites for hydroxylation is 2. The first-order chi connectivity index (χ1) is 11.8. The van der Waals surface area contributed by atoms with Crippen molar-refractivity contribution in [3.8, 4) is 5.75 Å². The molecule has 8 heteroatoms. The zero-order chi connectivity index (χ0) is 18.4. The SMILES string of the molecule is Cc1cc(C)cc(OCC(=O)N/N=C/c2ccc(Cl)c([N+](=O)[O-])c2)c1. The number of hydrogen-bond donors (Lipinski definition) is 1. The Morgan fingerprint density at radius 3 is 2.60 bits per heavy atom. The van der Waals surface area contributed by atoms with Crippen LogP contribution >= 0.6 is 11.6 Å². The number of amides is 1. The van der Waals surface area contributed by atoms with Crippen LogP contribution in [0.2, 0.25) is 5.02 Å². The van der Waals surface area contributed by atoms with E-state index < -0.39 is 10.8 Å². The Morgan fingerprint density at radius 1 is 1.28 bits per heavy atom. The predicted molar refractivity (Wildman–Crippen MR) is 95.3 cm³/mol. The van der Waals surface area contributed by atoms with Crippen molar-refractivity contribution < 1.29 is 14.5 Å². The van der Waals surface area contributed by atoms with E-state index in [1.807, 2.05) is 32.0 Å². The number of nitro benzene ring substituents is 1. The lowest BCUT2D eigenvalue weighted by Crippen LogP contribution is -2.24. The monoisotopic (exact) mass is 361 g/mol. The molecule has 0 aliphatic carbocycles. The van der Waals surface area contributed by atoms with Gasteiger partial charge in [-0.3, -0.25) is 14.9 Å². The largest absolute Gasteiger partial charge is 0.484 e. The Labute approximate surface area is 149 Å². The third kappa shape index (κ3) is 5.58. The molecular formula is C17H16ClN3O4. The van der Waals surface area contributed by atoms with Gasteiger partial charge < -0.3 is 4.74 Å². The number of nitrogens with one attached hydrogen (secondary N) is 1. The van der Waals surface area contributed by atoms with E-state index in [1.54, 1.807) is 6.07 Å². The number of hydrazone groups is 1. The van der Waals surface area contributed by atoms with Crippen molar-refractivity contribution in [1.82, 2.24) is 5.43 Å². The first-order valence-electron chi connectivity index (χ1n) is 7.32. The van der Waals surface area contributed by atoms with E-state index in [0.717, 1.165) is 11.1 Å². The number of hydrogen-bond acceptors (Lipinski definition) is 5. The van der Waals surface area contributed by atoms with E-state index in [1.165, 1.54) is 18.3 Å². The molecule has 0 saturated carbocycles. The van der Waals surface area contributed by atoms with Crippen LogP contribution in [0.4, 0.5) is 5.69 Å². The average Bonchev–Trinajstić information content (AvgIpc) is 2.53. The Kier molecular flexibility index (Phi) is 6.08. The summed E-state index contributed by atoms with van der Waals surface area (Å²) >= 11 is 5.72. The number of nitrogens with zero attached hydrogens (tertiary/aromatic N) is 2. The second-order valence-corrected chi connectivity index (χ2v) is 5.78. The van der Waals surface area contributed by atoms with Gasteiger partial charge in [-0.25, -0.2) is 5.43 Å². The van der Waals surface area contributed by atoms with Crippen molar-refractivity contribution >= 4 is 29.4 Å². The van der Waals surface area contributed by atoms with Crippen molar-refractivity contribution in [3.05, 3.63) is 68.2 Å². The summed E-state index contributed by atoms with van der Waals surface area (Å²) < 4.78 is 5.41. The molecule has 0 radical (unpaired) electrons. The van der Waals surface area contributed by atoms with Gasteiger partial charge in [0.15, 0.2) is 6.61 Å². The normalized spacial score (nSPS) is 10.7. The van der Waals surface area contributed by atoms with Crippen LogP contribution in [0.15, 0.2) is 41.5 Å². The first-order valence-corrected chi connectivity index (χ1v) is 7.70. The third-order valence-corrected chi connectivity index (χ3v) is 3.45. The molecule has 25 heavy (non-hydrogen) atoms. The number of ether oxygens (including phenoxy) is 1. The van der Waals surface area contributed by atoms with Crippen LogP contribution in [0.1, 0.15) is 16.7 Å². The Balaban J connectivity index is 1.90. The number of carbonyl (C=O) groups excluding carboxylic acids is 1. The summed E-state index contributed by atoms with van der Waals surface area (Å²) in [7, 11) is 0. The second kappa shape index (κ2) is 8.25. The van der Waals surface area contributed by atoms with Gasteiger partial charge >= 0.3 is 0 Å². The quantitative estimate of drug-likeness (QED) is 0.484. The molecule has 0 atom stereocenters. The lowest BCUT2D eigenvalue weighted by Gasteiger charge is -2.07. The molecule has 2 rings (SSSR count). The van der Waals surface area contributed by atoms with Gasteiger partial charge in [-0.05, 0) is 43.2 Å². The van der Waals surface area contributed by atoms with Gasteiger partial charge in [0.2, 0.25) is 0 Å². The van der Waals surface area contributed by atoms with Crippen LogP contribution in [0.25, 0.3) is 0 Å². The number of benzene rings is 2. The van der Waals surface area contributed by atoms with Crippen molar-refractivity contribution in [2.75, 3.05) is 6.61 Å². The minimum atomic E-state index is -0.587. The van der Waals surface area contributed by atoms with Gasteiger partial charge in [0.1, 0.15) is 10.8 Å². The van der Waals surface area contributed by atoms with Crippen LogP contribution < -0.4 is 10.2 Å². The molecule has 1 N–H and O–H groups in total. The molecule has 0 bridgehead atoms.